The van der Waals surface area contributed by atoms with E-state index in [1.165, 1.54) is 14.6 Å². The summed E-state index contributed by atoms with van der Waals surface area (Å²) in [7, 11) is -2.24. The average Bonchev–Trinajstić information content (AvgIpc) is 3.36. The molecule has 1 atom stereocenters. The van der Waals surface area contributed by atoms with Gasteiger partial charge in [-0.05, 0) is 59.5 Å². The van der Waals surface area contributed by atoms with Crippen LogP contribution in [-0.2, 0) is 26.0 Å². The van der Waals surface area contributed by atoms with Gasteiger partial charge in [0.2, 0.25) is 15.9 Å². The van der Waals surface area contributed by atoms with Crippen LogP contribution in [0.5, 0.6) is 0 Å². The van der Waals surface area contributed by atoms with Gasteiger partial charge in [-0.15, -0.1) is 11.3 Å². The van der Waals surface area contributed by atoms with E-state index in [4.69, 9.17) is 4.74 Å². The molecule has 2 heterocycles. The number of aryl methyl sites for hydroxylation is 1. The summed E-state index contributed by atoms with van der Waals surface area (Å²) < 4.78 is 33.0. The van der Waals surface area contributed by atoms with E-state index >= 15 is 0 Å². The minimum atomic E-state index is -3.82. The van der Waals surface area contributed by atoms with Gasteiger partial charge in [0.25, 0.3) is 0 Å². The second-order valence-corrected chi connectivity index (χ2v) is 11.7. The van der Waals surface area contributed by atoms with Crippen LogP contribution in [0.4, 0.5) is 0 Å². The van der Waals surface area contributed by atoms with Crippen LogP contribution in [-0.4, -0.2) is 56.9 Å². The van der Waals surface area contributed by atoms with Gasteiger partial charge in [-0.25, -0.2) is 8.42 Å². The van der Waals surface area contributed by atoms with E-state index in [2.05, 4.69) is 30.5 Å². The second kappa shape index (κ2) is 12.0. The third-order valence-electron chi connectivity index (χ3n) is 6.43. The van der Waals surface area contributed by atoms with Crippen molar-refractivity contribution in [3.8, 4) is 0 Å². The summed E-state index contributed by atoms with van der Waals surface area (Å²) in [5, 5.41) is 3.26. The normalized spacial score (nSPS) is 16.0. The van der Waals surface area contributed by atoms with Gasteiger partial charge in [-0.1, -0.05) is 54.6 Å². The number of benzene rings is 2. The largest absolute Gasteiger partial charge is 0.385 e. The zero-order valence-corrected chi connectivity index (χ0v) is 22.3. The lowest BCUT2D eigenvalue weighted by molar-refractivity contribution is -0.133. The van der Waals surface area contributed by atoms with Gasteiger partial charge < -0.3 is 9.64 Å². The standard InChI is InChI=1S/C28H32N2O4S2/c1-22-9-6-7-12-24(22)28-25-14-19-35-26(25)13-17-30(28)27(31)21-29(16-8-18-34-2)36(32,33)20-15-23-10-4-3-5-11-23/h3-7,9-12,14-15,19-20,28H,8,13,16-18,21H2,1-2H3/b20-15+. The quantitative estimate of drug-likeness (QED) is 0.355. The van der Waals surface area contributed by atoms with Crippen molar-refractivity contribution in [2.75, 3.05) is 33.4 Å². The predicted octanol–water partition coefficient (Wildman–Crippen LogP) is 4.87. The number of methoxy groups -OCH3 is 1. The topological polar surface area (TPSA) is 66.9 Å². The first-order valence-corrected chi connectivity index (χ1v) is 14.4. The van der Waals surface area contributed by atoms with Gasteiger partial charge >= 0.3 is 0 Å². The molecular weight excluding hydrogens is 492 g/mol. The summed E-state index contributed by atoms with van der Waals surface area (Å²) in [6.45, 7) is 3.00. The fourth-order valence-electron chi connectivity index (χ4n) is 4.55. The summed E-state index contributed by atoms with van der Waals surface area (Å²) in [4.78, 5) is 16.9. The highest BCUT2D eigenvalue weighted by Crippen LogP contribution is 2.39. The van der Waals surface area contributed by atoms with Crippen molar-refractivity contribution in [3.05, 3.63) is 98.6 Å². The Balaban J connectivity index is 1.61. The highest BCUT2D eigenvalue weighted by atomic mass is 32.2. The Morgan fingerprint density at radius 2 is 1.86 bits per heavy atom. The van der Waals surface area contributed by atoms with Crippen LogP contribution in [0.2, 0.25) is 0 Å². The van der Waals surface area contributed by atoms with Crippen LogP contribution in [0.25, 0.3) is 6.08 Å². The number of hydrogen-bond donors (Lipinski definition) is 0. The molecule has 6 nitrogen and oxygen atoms in total. The fourth-order valence-corrected chi connectivity index (χ4v) is 6.63. The fraction of sp³-hybridized carbons (Fsp3) is 0.321. The van der Waals surface area contributed by atoms with Crippen LogP contribution in [0.15, 0.2) is 71.5 Å². The van der Waals surface area contributed by atoms with E-state index in [0.29, 0.717) is 19.6 Å². The molecular formula is C28H32N2O4S2. The molecule has 1 unspecified atom stereocenters. The highest BCUT2D eigenvalue weighted by Gasteiger charge is 2.35. The number of hydrogen-bond acceptors (Lipinski definition) is 5. The summed E-state index contributed by atoms with van der Waals surface area (Å²) in [5.74, 6) is -0.200. The minimum absolute atomic E-state index is 0.200. The third-order valence-corrected chi connectivity index (χ3v) is 8.94. The number of carbonyl (C=O) groups excluding carboxylic acids is 1. The predicted molar refractivity (Wildman–Crippen MR) is 145 cm³/mol. The summed E-state index contributed by atoms with van der Waals surface area (Å²) >= 11 is 1.71. The van der Waals surface area contributed by atoms with Gasteiger partial charge in [-0.3, -0.25) is 4.79 Å². The molecule has 0 fully saturated rings. The highest BCUT2D eigenvalue weighted by molar-refractivity contribution is 7.92. The molecule has 0 N–H and O–H groups in total. The molecule has 0 saturated carbocycles. The van der Waals surface area contributed by atoms with E-state index in [-0.39, 0.29) is 25.0 Å². The first-order chi connectivity index (χ1) is 17.4. The Morgan fingerprint density at radius 1 is 1.11 bits per heavy atom. The van der Waals surface area contributed by atoms with Crippen molar-refractivity contribution < 1.29 is 17.9 Å². The summed E-state index contributed by atoms with van der Waals surface area (Å²) in [6.07, 6.45) is 2.83. The molecule has 0 bridgehead atoms. The lowest BCUT2D eigenvalue weighted by Crippen LogP contribution is -2.46. The summed E-state index contributed by atoms with van der Waals surface area (Å²) in [5.41, 5.74) is 4.09. The van der Waals surface area contributed by atoms with Crippen molar-refractivity contribution in [1.82, 2.24) is 9.21 Å². The van der Waals surface area contributed by atoms with E-state index < -0.39 is 10.0 Å². The Morgan fingerprint density at radius 3 is 2.61 bits per heavy atom. The molecule has 4 rings (SSSR count). The van der Waals surface area contributed by atoms with Crippen LogP contribution in [0, 0.1) is 6.92 Å². The maximum atomic E-state index is 13.8. The number of amides is 1. The molecule has 0 aliphatic carbocycles. The van der Waals surface area contributed by atoms with Crippen molar-refractivity contribution in [3.63, 3.8) is 0 Å². The molecule has 0 radical (unpaired) electrons. The Labute approximate surface area is 217 Å². The number of sulfonamides is 1. The molecule has 8 heteroatoms. The van der Waals surface area contributed by atoms with Crippen molar-refractivity contribution in [1.29, 1.82) is 0 Å². The van der Waals surface area contributed by atoms with Gasteiger partial charge in [0.15, 0.2) is 0 Å². The van der Waals surface area contributed by atoms with Crippen molar-refractivity contribution in [2.45, 2.75) is 25.8 Å². The van der Waals surface area contributed by atoms with Crippen LogP contribution in [0.1, 0.15) is 39.6 Å². The molecule has 2 aromatic carbocycles. The Kier molecular flexibility index (Phi) is 8.74. The summed E-state index contributed by atoms with van der Waals surface area (Å²) in [6, 6.07) is 19.2. The zero-order chi connectivity index (χ0) is 25.5. The molecule has 36 heavy (non-hydrogen) atoms. The first kappa shape index (κ1) is 26.3. The number of fused-ring (bicyclic) bond motifs is 1. The average molecular weight is 525 g/mol. The number of carbonyl (C=O) groups is 1. The van der Waals surface area contributed by atoms with E-state index in [1.807, 2.05) is 47.4 Å². The SMILES string of the molecule is COCCCN(CC(=O)N1CCc2sccc2C1c1ccccc1C)S(=O)(=O)/C=C/c1ccccc1. The molecule has 1 aromatic heterocycles. The van der Waals surface area contributed by atoms with Crippen LogP contribution < -0.4 is 0 Å². The number of thiophene rings is 1. The monoisotopic (exact) mass is 524 g/mol. The van der Waals surface area contributed by atoms with Gasteiger partial charge in [0.1, 0.15) is 0 Å². The van der Waals surface area contributed by atoms with Gasteiger partial charge in [-0.2, -0.15) is 4.31 Å². The maximum absolute atomic E-state index is 13.8. The van der Waals surface area contributed by atoms with Gasteiger partial charge in [0.05, 0.1) is 12.6 Å². The molecule has 0 saturated heterocycles. The molecule has 3 aromatic rings. The third kappa shape index (κ3) is 6.13. The number of nitrogens with zero attached hydrogens (tertiary/aromatic N) is 2. The lowest BCUT2D eigenvalue weighted by Gasteiger charge is -2.38. The van der Waals surface area contributed by atoms with Crippen LogP contribution >= 0.6 is 11.3 Å². The Bertz CT molecular complexity index is 1300. The Hall–Kier alpha value is -2.78. The molecule has 1 aliphatic rings. The second-order valence-electron chi connectivity index (χ2n) is 8.83. The van der Waals surface area contributed by atoms with Crippen molar-refractivity contribution >= 4 is 33.3 Å². The van der Waals surface area contributed by atoms with E-state index in [0.717, 1.165) is 28.7 Å². The van der Waals surface area contributed by atoms with Crippen LogP contribution in [0.3, 0.4) is 0 Å². The minimum Gasteiger partial charge on any atom is -0.385 e. The zero-order valence-electron chi connectivity index (χ0n) is 20.7. The number of ether oxygens (including phenoxy) is 1. The molecule has 1 amide bonds. The molecule has 1 aliphatic heterocycles. The molecule has 190 valence electrons. The van der Waals surface area contributed by atoms with Crippen molar-refractivity contribution in [2.24, 2.45) is 0 Å². The maximum Gasteiger partial charge on any atom is 0.238 e. The lowest BCUT2D eigenvalue weighted by atomic mass is 9.90. The van der Waals surface area contributed by atoms with E-state index in [9.17, 15) is 13.2 Å². The molecule has 0 spiro atoms. The van der Waals surface area contributed by atoms with E-state index in [1.54, 1.807) is 24.5 Å². The van der Waals surface area contributed by atoms with Gasteiger partial charge in [0, 0.05) is 37.1 Å². The smallest absolute Gasteiger partial charge is 0.238 e. The number of rotatable bonds is 10. The first-order valence-electron chi connectivity index (χ1n) is 12.0.